The number of nitrogens with one attached hydrogen (secondary N) is 1. The topological polar surface area (TPSA) is 38.0 Å². The molecule has 2 rings (SSSR count). The van der Waals surface area contributed by atoms with Gasteiger partial charge in [0.1, 0.15) is 0 Å². The molecule has 0 bridgehead atoms. The number of rotatable bonds is 3. The van der Waals surface area contributed by atoms with Crippen molar-refractivity contribution in [2.24, 2.45) is 0 Å². The minimum Gasteiger partial charge on any atom is -0.397 e. The third-order valence-corrected chi connectivity index (χ3v) is 3.26. The summed E-state index contributed by atoms with van der Waals surface area (Å²) in [4.78, 5) is 0. The third-order valence-electron chi connectivity index (χ3n) is 3.26. The van der Waals surface area contributed by atoms with Crippen LogP contribution in [0.2, 0.25) is 0 Å². The monoisotopic (exact) mass is 240 g/mol. The fourth-order valence-corrected chi connectivity index (χ4v) is 2.33. The zero-order valence-corrected chi connectivity index (χ0v) is 11.2. The van der Waals surface area contributed by atoms with Crippen molar-refractivity contribution < 1.29 is 0 Å². The van der Waals surface area contributed by atoms with E-state index in [1.807, 2.05) is 24.3 Å². The van der Waals surface area contributed by atoms with Crippen LogP contribution >= 0.6 is 0 Å². The maximum atomic E-state index is 5.92. The predicted molar refractivity (Wildman–Crippen MR) is 78.8 cm³/mol. The maximum absolute atomic E-state index is 5.92. The van der Waals surface area contributed by atoms with Crippen LogP contribution in [0, 0.1) is 20.8 Å². The van der Waals surface area contributed by atoms with Crippen molar-refractivity contribution in [3.05, 3.63) is 58.7 Å². The van der Waals surface area contributed by atoms with Gasteiger partial charge in [-0.05, 0) is 49.6 Å². The Morgan fingerprint density at radius 1 is 1.00 bits per heavy atom. The molecule has 0 saturated heterocycles. The molecule has 0 unspecified atom stereocenters. The molecule has 18 heavy (non-hydrogen) atoms. The van der Waals surface area contributed by atoms with Crippen LogP contribution in [0.3, 0.4) is 0 Å². The molecule has 0 spiro atoms. The van der Waals surface area contributed by atoms with Crippen LogP contribution in [0.4, 0.5) is 11.4 Å². The van der Waals surface area contributed by atoms with Crippen molar-refractivity contribution in [1.29, 1.82) is 0 Å². The fourth-order valence-electron chi connectivity index (χ4n) is 2.33. The molecule has 0 amide bonds. The van der Waals surface area contributed by atoms with E-state index in [4.69, 9.17) is 5.73 Å². The van der Waals surface area contributed by atoms with Gasteiger partial charge < -0.3 is 11.1 Å². The molecule has 0 aliphatic rings. The van der Waals surface area contributed by atoms with Crippen LogP contribution in [0.25, 0.3) is 0 Å². The van der Waals surface area contributed by atoms with Crippen LogP contribution < -0.4 is 11.1 Å². The van der Waals surface area contributed by atoms with Gasteiger partial charge in [0.2, 0.25) is 0 Å². The van der Waals surface area contributed by atoms with Gasteiger partial charge >= 0.3 is 0 Å². The quantitative estimate of drug-likeness (QED) is 0.801. The Labute approximate surface area is 109 Å². The second-order valence-corrected chi connectivity index (χ2v) is 4.82. The zero-order chi connectivity index (χ0) is 13.1. The van der Waals surface area contributed by atoms with E-state index in [9.17, 15) is 0 Å². The molecule has 0 aliphatic carbocycles. The van der Waals surface area contributed by atoms with Crippen LogP contribution in [0.15, 0.2) is 36.4 Å². The van der Waals surface area contributed by atoms with E-state index in [0.717, 1.165) is 17.9 Å². The number of aryl methyl sites for hydroxylation is 3. The Morgan fingerprint density at radius 3 is 2.22 bits per heavy atom. The highest BCUT2D eigenvalue weighted by molar-refractivity contribution is 5.65. The summed E-state index contributed by atoms with van der Waals surface area (Å²) in [6.45, 7) is 7.26. The van der Waals surface area contributed by atoms with E-state index in [2.05, 4.69) is 38.2 Å². The molecular formula is C16H20N2. The number of hydrogen-bond acceptors (Lipinski definition) is 2. The molecule has 2 nitrogen and oxygen atoms in total. The van der Waals surface area contributed by atoms with Gasteiger partial charge in [-0.3, -0.25) is 0 Å². The van der Waals surface area contributed by atoms with E-state index >= 15 is 0 Å². The molecule has 2 aromatic carbocycles. The summed E-state index contributed by atoms with van der Waals surface area (Å²) >= 11 is 0. The van der Waals surface area contributed by atoms with Crippen molar-refractivity contribution >= 4 is 11.4 Å². The van der Waals surface area contributed by atoms with Gasteiger partial charge in [-0.15, -0.1) is 0 Å². The lowest BCUT2D eigenvalue weighted by Crippen LogP contribution is -2.05. The highest BCUT2D eigenvalue weighted by Gasteiger charge is 2.04. The van der Waals surface area contributed by atoms with E-state index in [1.165, 1.54) is 22.3 Å². The second-order valence-electron chi connectivity index (χ2n) is 4.82. The lowest BCUT2D eigenvalue weighted by atomic mass is 10.00. The first-order chi connectivity index (χ1) is 8.58. The van der Waals surface area contributed by atoms with E-state index in [1.54, 1.807) is 0 Å². The highest BCUT2D eigenvalue weighted by Crippen LogP contribution is 2.21. The molecule has 94 valence electrons. The third kappa shape index (κ3) is 2.65. The number of benzene rings is 2. The number of hydrogen-bond donors (Lipinski definition) is 2. The molecule has 0 atom stereocenters. The molecule has 0 heterocycles. The van der Waals surface area contributed by atoms with Gasteiger partial charge in [0, 0.05) is 6.54 Å². The highest BCUT2D eigenvalue weighted by atomic mass is 14.9. The normalized spacial score (nSPS) is 10.4. The molecule has 0 aliphatic heterocycles. The maximum Gasteiger partial charge on any atom is 0.0576 e. The summed E-state index contributed by atoms with van der Waals surface area (Å²) in [5, 5.41) is 3.41. The van der Waals surface area contributed by atoms with Crippen LogP contribution in [0.5, 0.6) is 0 Å². The van der Waals surface area contributed by atoms with Crippen LogP contribution in [0.1, 0.15) is 22.3 Å². The standard InChI is InChI=1S/C16H20N2/c1-11-8-12(2)14(13(3)9-11)10-18-16-7-5-4-6-15(16)17/h4-9,18H,10,17H2,1-3H3. The summed E-state index contributed by atoms with van der Waals surface area (Å²) in [5.41, 5.74) is 13.0. The molecule has 0 saturated carbocycles. The van der Waals surface area contributed by atoms with Gasteiger partial charge in [0.05, 0.1) is 11.4 Å². The Hall–Kier alpha value is -1.96. The molecule has 0 fully saturated rings. The largest absolute Gasteiger partial charge is 0.397 e. The molecule has 0 aromatic heterocycles. The molecular weight excluding hydrogens is 220 g/mol. The second kappa shape index (κ2) is 5.13. The summed E-state index contributed by atoms with van der Waals surface area (Å²) < 4.78 is 0. The number of para-hydroxylation sites is 2. The first kappa shape index (κ1) is 12.5. The van der Waals surface area contributed by atoms with Crippen molar-refractivity contribution in [2.45, 2.75) is 27.3 Å². The Bertz CT molecular complexity index is 536. The van der Waals surface area contributed by atoms with Crippen molar-refractivity contribution in [2.75, 3.05) is 11.1 Å². The summed E-state index contributed by atoms with van der Waals surface area (Å²) in [6.07, 6.45) is 0. The van der Waals surface area contributed by atoms with Gasteiger partial charge in [0.25, 0.3) is 0 Å². The first-order valence-electron chi connectivity index (χ1n) is 6.23. The summed E-state index contributed by atoms with van der Waals surface area (Å²) in [5.74, 6) is 0. The van der Waals surface area contributed by atoms with Crippen molar-refractivity contribution in [3.63, 3.8) is 0 Å². The number of anilines is 2. The van der Waals surface area contributed by atoms with E-state index in [-0.39, 0.29) is 0 Å². The smallest absolute Gasteiger partial charge is 0.0576 e. The lowest BCUT2D eigenvalue weighted by molar-refractivity contribution is 1.08. The van der Waals surface area contributed by atoms with E-state index in [0.29, 0.717) is 0 Å². The minimum atomic E-state index is 0.792. The minimum absolute atomic E-state index is 0.792. The Kier molecular flexibility index (Phi) is 3.56. The van der Waals surface area contributed by atoms with Crippen molar-refractivity contribution in [3.8, 4) is 0 Å². The number of nitrogen functional groups attached to an aromatic ring is 1. The van der Waals surface area contributed by atoms with Gasteiger partial charge in [-0.2, -0.15) is 0 Å². The van der Waals surface area contributed by atoms with E-state index < -0.39 is 0 Å². The fraction of sp³-hybridized carbons (Fsp3) is 0.250. The Morgan fingerprint density at radius 2 is 1.61 bits per heavy atom. The Balaban J connectivity index is 2.19. The summed E-state index contributed by atoms with van der Waals surface area (Å²) in [6, 6.07) is 12.3. The molecule has 2 heteroatoms. The molecule has 0 radical (unpaired) electrons. The molecule has 2 aromatic rings. The first-order valence-corrected chi connectivity index (χ1v) is 6.23. The van der Waals surface area contributed by atoms with Gasteiger partial charge in [-0.25, -0.2) is 0 Å². The van der Waals surface area contributed by atoms with Crippen molar-refractivity contribution in [1.82, 2.24) is 0 Å². The average molecular weight is 240 g/mol. The average Bonchev–Trinajstić information content (AvgIpc) is 2.30. The number of nitrogens with two attached hydrogens (primary N) is 1. The van der Waals surface area contributed by atoms with Crippen LogP contribution in [-0.2, 0) is 6.54 Å². The van der Waals surface area contributed by atoms with Gasteiger partial charge in [-0.1, -0.05) is 29.8 Å². The zero-order valence-electron chi connectivity index (χ0n) is 11.2. The van der Waals surface area contributed by atoms with Crippen LogP contribution in [-0.4, -0.2) is 0 Å². The SMILES string of the molecule is Cc1cc(C)c(CNc2ccccc2N)c(C)c1. The summed E-state index contributed by atoms with van der Waals surface area (Å²) in [7, 11) is 0. The lowest BCUT2D eigenvalue weighted by Gasteiger charge is -2.14. The molecule has 3 N–H and O–H groups in total. The van der Waals surface area contributed by atoms with Gasteiger partial charge in [0.15, 0.2) is 0 Å². The predicted octanol–water partition coefficient (Wildman–Crippen LogP) is 3.81.